The molecule has 3 heteroatoms. The Morgan fingerprint density at radius 2 is 1.91 bits per heavy atom. The first kappa shape index (κ1) is 19.5. The predicted molar refractivity (Wildman–Crippen MR) is 92.8 cm³/mol. The summed E-state index contributed by atoms with van der Waals surface area (Å²) in [5.41, 5.74) is 1.40. The molecule has 2 rings (SSSR count). The van der Waals surface area contributed by atoms with Crippen LogP contribution in [0.4, 0.5) is 0 Å². The largest absolute Gasteiger partial charge is 0.876 e. The minimum absolute atomic E-state index is 0.0833. The summed E-state index contributed by atoms with van der Waals surface area (Å²) in [6.07, 6.45) is 6.53. The van der Waals surface area contributed by atoms with Crippen molar-refractivity contribution in [1.29, 1.82) is 0 Å². The highest BCUT2D eigenvalue weighted by atomic mass is 16.7. The summed E-state index contributed by atoms with van der Waals surface area (Å²) in [4.78, 5) is 0. The lowest BCUT2D eigenvalue weighted by molar-refractivity contribution is -0.300. The highest BCUT2D eigenvalue weighted by molar-refractivity contribution is 5.14. The molecule has 1 aliphatic rings. The second-order valence-corrected chi connectivity index (χ2v) is 6.35. The van der Waals surface area contributed by atoms with Gasteiger partial charge >= 0.3 is 0 Å². The van der Waals surface area contributed by atoms with E-state index in [0.717, 1.165) is 25.7 Å². The van der Waals surface area contributed by atoms with Crippen LogP contribution in [0.1, 0.15) is 45.6 Å². The zero-order valence-electron chi connectivity index (χ0n) is 14.6. The maximum absolute atomic E-state index is 9.33. The topological polar surface area (TPSA) is 41.5 Å². The first-order chi connectivity index (χ1) is 10.8. The molecular formula is C20H29O3-. The third kappa shape index (κ3) is 8.58. The molecule has 1 aliphatic heterocycles. The smallest absolute Gasteiger partial charge is 0.163 e. The number of rotatable bonds is 5. The molecule has 0 aromatic heterocycles. The Balaban J connectivity index is 0.000000593. The van der Waals surface area contributed by atoms with Crippen LogP contribution in [0.5, 0.6) is 0 Å². The van der Waals surface area contributed by atoms with E-state index in [1.54, 1.807) is 0 Å². The van der Waals surface area contributed by atoms with Gasteiger partial charge in [-0.05, 0) is 38.7 Å². The van der Waals surface area contributed by atoms with Crippen LogP contribution >= 0.6 is 0 Å². The van der Waals surface area contributed by atoms with E-state index in [9.17, 15) is 5.11 Å². The number of allylic oxidation sites excluding steroid dienone is 1. The fourth-order valence-electron chi connectivity index (χ4n) is 2.65. The molecule has 0 aliphatic carbocycles. The molecule has 3 nitrogen and oxygen atoms in total. The Bertz CT molecular complexity index is 475. The van der Waals surface area contributed by atoms with Crippen molar-refractivity contribution >= 4 is 0 Å². The molecule has 0 N–H and O–H groups in total. The van der Waals surface area contributed by atoms with Crippen molar-refractivity contribution in [2.75, 3.05) is 0 Å². The molecule has 1 fully saturated rings. The average Bonchev–Trinajstić information content (AvgIpc) is 2.46. The molecule has 23 heavy (non-hydrogen) atoms. The summed E-state index contributed by atoms with van der Waals surface area (Å²) in [5, 5.41) is 9.33. The minimum Gasteiger partial charge on any atom is -0.876 e. The van der Waals surface area contributed by atoms with E-state index >= 15 is 0 Å². The molecule has 1 aromatic rings. The number of ether oxygens (including phenoxy) is 2. The van der Waals surface area contributed by atoms with Gasteiger partial charge in [0.05, 0.1) is 12.2 Å². The lowest BCUT2D eigenvalue weighted by atomic mass is 10.0. The zero-order valence-corrected chi connectivity index (χ0v) is 14.6. The van der Waals surface area contributed by atoms with Crippen molar-refractivity contribution in [3.05, 3.63) is 60.9 Å². The standard InChI is InChI=1S/C17H24O2.C3H6O/c1-4-15-13-16(19-17(2,3)18-15)12-8-11-14-9-6-5-7-10-14;1-3(2)4/h4-7,9-10,15-16H,1,8,11-13H2,2-3H3;4H,1H2,2H3/p-1/t15-,16-;/m0./s1. The second-order valence-electron chi connectivity index (χ2n) is 6.35. The monoisotopic (exact) mass is 317 g/mol. The molecule has 128 valence electrons. The zero-order chi connectivity index (χ0) is 17.3. The van der Waals surface area contributed by atoms with Gasteiger partial charge in [-0.1, -0.05) is 43.3 Å². The van der Waals surface area contributed by atoms with E-state index in [2.05, 4.69) is 43.5 Å². The van der Waals surface area contributed by atoms with E-state index < -0.39 is 5.79 Å². The summed E-state index contributed by atoms with van der Waals surface area (Å²) < 4.78 is 11.8. The normalized spacial score (nSPS) is 22.6. The summed E-state index contributed by atoms with van der Waals surface area (Å²) in [6, 6.07) is 10.6. The van der Waals surface area contributed by atoms with Crippen molar-refractivity contribution in [3.63, 3.8) is 0 Å². The van der Waals surface area contributed by atoms with Gasteiger partial charge in [0, 0.05) is 6.42 Å². The summed E-state index contributed by atoms with van der Waals surface area (Å²) in [5.74, 6) is -0.575. The van der Waals surface area contributed by atoms with Crippen LogP contribution in [0, 0.1) is 0 Å². The van der Waals surface area contributed by atoms with Gasteiger partial charge in [-0.25, -0.2) is 0 Å². The molecule has 2 atom stereocenters. The Labute approximate surface area is 140 Å². The molecule has 0 amide bonds. The number of hydrogen-bond acceptors (Lipinski definition) is 3. The van der Waals surface area contributed by atoms with Crippen molar-refractivity contribution in [3.8, 4) is 0 Å². The molecule has 1 aromatic carbocycles. The number of aryl methyl sites for hydroxylation is 1. The molecule has 1 saturated heterocycles. The van der Waals surface area contributed by atoms with Crippen LogP contribution in [0.3, 0.4) is 0 Å². The summed E-state index contributed by atoms with van der Waals surface area (Å²) in [6.45, 7) is 12.2. The SMILES string of the molecule is C=C(C)[O-].C=C[C@H]1C[C@H](CCCc2ccccc2)OC(C)(C)O1. The molecule has 0 spiro atoms. The fourth-order valence-corrected chi connectivity index (χ4v) is 2.65. The van der Waals surface area contributed by atoms with E-state index in [0.29, 0.717) is 0 Å². The predicted octanol–water partition coefficient (Wildman–Crippen LogP) is 3.99. The molecule has 0 unspecified atom stereocenters. The lowest BCUT2D eigenvalue weighted by Crippen LogP contribution is -2.43. The van der Waals surface area contributed by atoms with Gasteiger partial charge in [-0.3, -0.25) is 0 Å². The summed E-state index contributed by atoms with van der Waals surface area (Å²) >= 11 is 0. The van der Waals surface area contributed by atoms with Gasteiger partial charge < -0.3 is 14.6 Å². The minimum atomic E-state index is -0.492. The Morgan fingerprint density at radius 3 is 2.48 bits per heavy atom. The Hall–Kier alpha value is -1.58. The van der Waals surface area contributed by atoms with Crippen molar-refractivity contribution in [2.45, 2.75) is 64.4 Å². The molecule has 0 saturated carbocycles. The van der Waals surface area contributed by atoms with Crippen LogP contribution in [-0.4, -0.2) is 18.0 Å². The first-order valence-corrected chi connectivity index (χ1v) is 8.17. The molecule has 0 radical (unpaired) electrons. The molecular weight excluding hydrogens is 288 g/mol. The number of benzene rings is 1. The lowest BCUT2D eigenvalue weighted by Gasteiger charge is -2.40. The Kier molecular flexibility index (Phi) is 8.07. The van der Waals surface area contributed by atoms with E-state index in [1.165, 1.54) is 12.5 Å². The first-order valence-electron chi connectivity index (χ1n) is 8.17. The van der Waals surface area contributed by atoms with E-state index in [1.807, 2.05) is 19.9 Å². The number of hydrogen-bond donors (Lipinski definition) is 0. The van der Waals surface area contributed by atoms with Crippen LogP contribution in [0.25, 0.3) is 0 Å². The van der Waals surface area contributed by atoms with Gasteiger partial charge in [0.2, 0.25) is 0 Å². The van der Waals surface area contributed by atoms with Gasteiger partial charge in [-0.2, -0.15) is 0 Å². The van der Waals surface area contributed by atoms with Crippen LogP contribution < -0.4 is 5.11 Å². The third-order valence-electron chi connectivity index (χ3n) is 3.48. The van der Waals surface area contributed by atoms with Crippen molar-refractivity contribution in [2.24, 2.45) is 0 Å². The fraction of sp³-hybridized carbons (Fsp3) is 0.500. The highest BCUT2D eigenvalue weighted by Gasteiger charge is 2.33. The van der Waals surface area contributed by atoms with E-state index in [4.69, 9.17) is 9.47 Å². The van der Waals surface area contributed by atoms with Crippen LogP contribution in [-0.2, 0) is 15.9 Å². The quantitative estimate of drug-likeness (QED) is 0.609. The Morgan fingerprint density at radius 1 is 1.30 bits per heavy atom. The third-order valence-corrected chi connectivity index (χ3v) is 3.48. The van der Waals surface area contributed by atoms with Crippen molar-refractivity contribution in [1.82, 2.24) is 0 Å². The molecule has 1 heterocycles. The van der Waals surface area contributed by atoms with Gasteiger partial charge in [0.1, 0.15) is 0 Å². The van der Waals surface area contributed by atoms with Crippen LogP contribution in [0.2, 0.25) is 0 Å². The van der Waals surface area contributed by atoms with Crippen LogP contribution in [0.15, 0.2) is 55.3 Å². The highest BCUT2D eigenvalue weighted by Crippen LogP contribution is 2.29. The maximum atomic E-state index is 9.33. The average molecular weight is 317 g/mol. The maximum Gasteiger partial charge on any atom is 0.163 e. The van der Waals surface area contributed by atoms with E-state index in [-0.39, 0.29) is 18.0 Å². The van der Waals surface area contributed by atoms with Crippen molar-refractivity contribution < 1.29 is 14.6 Å². The van der Waals surface area contributed by atoms with Gasteiger partial charge in [-0.15, -0.1) is 18.9 Å². The second kappa shape index (κ2) is 9.53. The summed E-state index contributed by atoms with van der Waals surface area (Å²) in [7, 11) is 0. The molecule has 0 bridgehead atoms. The van der Waals surface area contributed by atoms with Gasteiger partial charge in [0.25, 0.3) is 0 Å². The van der Waals surface area contributed by atoms with Gasteiger partial charge in [0.15, 0.2) is 5.79 Å².